The average Bonchev–Trinajstić information content (AvgIpc) is 2.79. The topological polar surface area (TPSA) is 56.1 Å². The molecule has 0 aliphatic heterocycles. The fourth-order valence-electron chi connectivity index (χ4n) is 1.57. The molecule has 2 unspecified atom stereocenters. The number of aromatic nitrogens is 2. The number of nitrogens with one attached hydrogen (secondary N) is 1. The zero-order valence-electron chi connectivity index (χ0n) is 11.4. The number of imidazole rings is 1. The van der Waals surface area contributed by atoms with Crippen LogP contribution in [0.2, 0.25) is 0 Å². The lowest BCUT2D eigenvalue weighted by Crippen LogP contribution is -2.21. The molecule has 0 aromatic carbocycles. The molecule has 18 heavy (non-hydrogen) atoms. The standard InChI is InChI=1S/C12H23N3O2S/c1-11(18(3)16)4-6-15-10-14-9-12(15)8-13-5-7-17-2/h9-11,13H,4-8H2,1-3H3. The third-order valence-electron chi connectivity index (χ3n) is 2.93. The predicted molar refractivity (Wildman–Crippen MR) is 74.0 cm³/mol. The van der Waals surface area contributed by atoms with E-state index < -0.39 is 10.8 Å². The molecular weight excluding hydrogens is 250 g/mol. The van der Waals surface area contributed by atoms with E-state index in [1.165, 1.54) is 0 Å². The first kappa shape index (κ1) is 15.3. The van der Waals surface area contributed by atoms with Gasteiger partial charge in [0.25, 0.3) is 0 Å². The van der Waals surface area contributed by atoms with Gasteiger partial charge < -0.3 is 14.6 Å². The molecule has 5 nitrogen and oxygen atoms in total. The van der Waals surface area contributed by atoms with Crippen LogP contribution < -0.4 is 5.32 Å². The number of aryl methyl sites for hydroxylation is 1. The van der Waals surface area contributed by atoms with Crippen molar-refractivity contribution in [2.24, 2.45) is 0 Å². The first-order valence-corrected chi connectivity index (χ1v) is 7.78. The van der Waals surface area contributed by atoms with Crippen LogP contribution in [0.3, 0.4) is 0 Å². The number of methoxy groups -OCH3 is 1. The first-order valence-electron chi connectivity index (χ1n) is 6.16. The third kappa shape index (κ3) is 5.29. The van der Waals surface area contributed by atoms with Crippen molar-refractivity contribution in [2.75, 3.05) is 26.5 Å². The van der Waals surface area contributed by atoms with Gasteiger partial charge in [0.2, 0.25) is 0 Å². The quantitative estimate of drug-likeness (QED) is 0.676. The zero-order chi connectivity index (χ0) is 13.4. The number of nitrogens with zero attached hydrogens (tertiary/aromatic N) is 2. The Labute approximate surface area is 111 Å². The zero-order valence-corrected chi connectivity index (χ0v) is 12.2. The molecule has 0 aliphatic carbocycles. The molecule has 2 atom stereocenters. The van der Waals surface area contributed by atoms with Crippen LogP contribution in [0.4, 0.5) is 0 Å². The highest BCUT2D eigenvalue weighted by molar-refractivity contribution is 7.84. The second-order valence-corrected chi connectivity index (χ2v) is 6.15. The number of ether oxygens (including phenoxy) is 1. The molecule has 0 aliphatic rings. The van der Waals surface area contributed by atoms with E-state index in [2.05, 4.69) is 14.9 Å². The summed E-state index contributed by atoms with van der Waals surface area (Å²) in [6.07, 6.45) is 6.36. The SMILES string of the molecule is COCCNCc1cncn1CCC(C)S(C)=O. The molecule has 0 radical (unpaired) electrons. The molecule has 0 bridgehead atoms. The number of hydrogen-bond donors (Lipinski definition) is 1. The van der Waals surface area contributed by atoms with E-state index in [1.54, 1.807) is 13.4 Å². The Kier molecular flexibility index (Phi) is 7.15. The highest BCUT2D eigenvalue weighted by Crippen LogP contribution is 2.05. The maximum absolute atomic E-state index is 11.3. The normalized spacial score (nSPS) is 14.6. The molecule has 0 saturated carbocycles. The second kappa shape index (κ2) is 8.39. The van der Waals surface area contributed by atoms with Crippen molar-refractivity contribution in [2.45, 2.75) is 31.7 Å². The fraction of sp³-hybridized carbons (Fsp3) is 0.750. The summed E-state index contributed by atoms with van der Waals surface area (Å²) in [4.78, 5) is 4.16. The summed E-state index contributed by atoms with van der Waals surface area (Å²) >= 11 is 0. The van der Waals surface area contributed by atoms with Crippen LogP contribution in [0.5, 0.6) is 0 Å². The summed E-state index contributed by atoms with van der Waals surface area (Å²) in [6, 6.07) is 0. The smallest absolute Gasteiger partial charge is 0.0948 e. The molecule has 6 heteroatoms. The maximum atomic E-state index is 11.3. The van der Waals surface area contributed by atoms with Crippen LogP contribution >= 0.6 is 0 Å². The summed E-state index contributed by atoms with van der Waals surface area (Å²) in [5.41, 5.74) is 1.15. The minimum Gasteiger partial charge on any atom is -0.383 e. The monoisotopic (exact) mass is 273 g/mol. The van der Waals surface area contributed by atoms with E-state index in [-0.39, 0.29) is 5.25 Å². The van der Waals surface area contributed by atoms with Crippen molar-refractivity contribution in [1.82, 2.24) is 14.9 Å². The van der Waals surface area contributed by atoms with Crippen LogP contribution in [0.25, 0.3) is 0 Å². The molecule has 0 saturated heterocycles. The molecule has 1 rings (SSSR count). The highest BCUT2D eigenvalue weighted by Gasteiger charge is 2.08. The maximum Gasteiger partial charge on any atom is 0.0948 e. The van der Waals surface area contributed by atoms with E-state index in [0.29, 0.717) is 6.61 Å². The van der Waals surface area contributed by atoms with E-state index >= 15 is 0 Å². The summed E-state index contributed by atoms with van der Waals surface area (Å²) in [7, 11) is 0.940. The molecule has 104 valence electrons. The Balaban J connectivity index is 2.37. The van der Waals surface area contributed by atoms with Crippen LogP contribution in [0.15, 0.2) is 12.5 Å². The van der Waals surface area contributed by atoms with Gasteiger partial charge in [0.1, 0.15) is 0 Å². The molecule has 1 aromatic rings. The molecule has 1 N–H and O–H groups in total. The van der Waals surface area contributed by atoms with Gasteiger partial charge >= 0.3 is 0 Å². The van der Waals surface area contributed by atoms with Crippen LogP contribution in [-0.2, 0) is 28.6 Å². The Bertz CT molecular complexity index is 368. The lowest BCUT2D eigenvalue weighted by Gasteiger charge is -2.11. The van der Waals surface area contributed by atoms with E-state index in [1.807, 2.05) is 19.4 Å². The second-order valence-electron chi connectivity index (χ2n) is 4.35. The van der Waals surface area contributed by atoms with Crippen molar-refractivity contribution in [3.8, 4) is 0 Å². The van der Waals surface area contributed by atoms with Crippen LogP contribution in [-0.4, -0.2) is 45.5 Å². The van der Waals surface area contributed by atoms with Gasteiger partial charge in [-0.2, -0.15) is 0 Å². The van der Waals surface area contributed by atoms with E-state index in [4.69, 9.17) is 4.74 Å². The lowest BCUT2D eigenvalue weighted by atomic mass is 10.3. The first-order chi connectivity index (χ1) is 8.65. The van der Waals surface area contributed by atoms with Crippen molar-refractivity contribution >= 4 is 10.8 Å². The molecule has 1 heterocycles. The van der Waals surface area contributed by atoms with Crippen molar-refractivity contribution in [3.05, 3.63) is 18.2 Å². The van der Waals surface area contributed by atoms with Gasteiger partial charge in [-0.1, -0.05) is 6.92 Å². The number of rotatable bonds is 9. The van der Waals surface area contributed by atoms with E-state index in [9.17, 15) is 4.21 Å². The van der Waals surface area contributed by atoms with E-state index in [0.717, 1.165) is 31.7 Å². The largest absolute Gasteiger partial charge is 0.383 e. The summed E-state index contributed by atoms with van der Waals surface area (Å²) in [5, 5.41) is 3.52. The van der Waals surface area contributed by atoms with Gasteiger partial charge in [-0.05, 0) is 6.42 Å². The lowest BCUT2D eigenvalue weighted by molar-refractivity contribution is 0.199. The molecule has 0 spiro atoms. The van der Waals surface area contributed by atoms with Crippen LogP contribution in [0.1, 0.15) is 19.0 Å². The van der Waals surface area contributed by atoms with Gasteiger partial charge in [0, 0.05) is 55.2 Å². The van der Waals surface area contributed by atoms with Crippen molar-refractivity contribution < 1.29 is 8.95 Å². The summed E-state index contributed by atoms with van der Waals surface area (Å²) in [6.45, 7) is 5.20. The Morgan fingerprint density at radius 1 is 1.61 bits per heavy atom. The molecular formula is C12H23N3O2S. The Hall–Kier alpha value is -0.720. The summed E-state index contributed by atoms with van der Waals surface area (Å²) < 4.78 is 18.4. The van der Waals surface area contributed by atoms with Crippen LogP contribution in [0, 0.1) is 0 Å². The van der Waals surface area contributed by atoms with Crippen molar-refractivity contribution in [3.63, 3.8) is 0 Å². The third-order valence-corrected chi connectivity index (χ3v) is 4.30. The average molecular weight is 273 g/mol. The number of hydrogen-bond acceptors (Lipinski definition) is 4. The van der Waals surface area contributed by atoms with Gasteiger partial charge in [-0.3, -0.25) is 4.21 Å². The summed E-state index contributed by atoms with van der Waals surface area (Å²) in [5.74, 6) is 0. The Morgan fingerprint density at radius 2 is 2.39 bits per heavy atom. The molecule has 1 aromatic heterocycles. The fourth-order valence-corrected chi connectivity index (χ4v) is 2.01. The Morgan fingerprint density at radius 3 is 3.06 bits per heavy atom. The minimum absolute atomic E-state index is 0.224. The van der Waals surface area contributed by atoms with Gasteiger partial charge in [0.15, 0.2) is 0 Å². The van der Waals surface area contributed by atoms with Gasteiger partial charge in [0.05, 0.1) is 18.6 Å². The van der Waals surface area contributed by atoms with Crippen molar-refractivity contribution in [1.29, 1.82) is 0 Å². The van der Waals surface area contributed by atoms with Gasteiger partial charge in [-0.15, -0.1) is 0 Å². The molecule has 0 fully saturated rings. The predicted octanol–water partition coefficient (Wildman–Crippen LogP) is 0.776. The highest BCUT2D eigenvalue weighted by atomic mass is 32.2. The minimum atomic E-state index is -0.752. The molecule has 0 amide bonds. The van der Waals surface area contributed by atoms with Gasteiger partial charge in [-0.25, -0.2) is 4.98 Å².